The normalized spacial score (nSPS) is 14.8. The fourth-order valence-electron chi connectivity index (χ4n) is 4.25. The summed E-state index contributed by atoms with van der Waals surface area (Å²) in [6.45, 7) is 4.38. The summed E-state index contributed by atoms with van der Waals surface area (Å²) in [5.74, 6) is -0.0966. The lowest BCUT2D eigenvalue weighted by molar-refractivity contribution is 0.103. The summed E-state index contributed by atoms with van der Waals surface area (Å²) in [7, 11) is 0.519. The molecule has 8 nitrogen and oxygen atoms in total. The highest BCUT2D eigenvalue weighted by Gasteiger charge is 2.41. The van der Waals surface area contributed by atoms with E-state index in [0.29, 0.717) is 33.2 Å². The minimum absolute atomic E-state index is 0.0680. The van der Waals surface area contributed by atoms with Crippen molar-refractivity contribution in [2.24, 2.45) is 0 Å². The van der Waals surface area contributed by atoms with Crippen molar-refractivity contribution < 1.29 is 22.7 Å². The van der Waals surface area contributed by atoms with E-state index in [0.717, 1.165) is 10.00 Å². The van der Waals surface area contributed by atoms with Gasteiger partial charge in [0.15, 0.2) is 5.78 Å². The molecule has 0 spiro atoms. The summed E-state index contributed by atoms with van der Waals surface area (Å²) < 4.78 is 38.1. The van der Waals surface area contributed by atoms with Crippen LogP contribution in [0.3, 0.4) is 0 Å². The third kappa shape index (κ3) is 3.51. The lowest BCUT2D eigenvalue weighted by Gasteiger charge is -2.33. The summed E-state index contributed by atoms with van der Waals surface area (Å²) in [6.07, 6.45) is 0. The molecule has 1 aromatic heterocycles. The smallest absolute Gasteiger partial charge is 0.246 e. The molecule has 1 N–H and O–H groups in total. The number of hydrogen-bond acceptors (Lipinski definition) is 6. The van der Waals surface area contributed by atoms with Gasteiger partial charge in [-0.3, -0.25) is 4.79 Å². The highest BCUT2D eigenvalue weighted by molar-refractivity contribution is 7.89. The van der Waals surface area contributed by atoms with Crippen molar-refractivity contribution in [3.05, 3.63) is 58.3 Å². The lowest BCUT2D eigenvalue weighted by atomic mass is 9.71. The minimum Gasteiger partial charge on any atom is -0.490 e. The fourth-order valence-corrected chi connectivity index (χ4v) is 5.28. The Balaban J connectivity index is 1.99. The fraction of sp³-hybridized carbons (Fsp3) is 0.333. The number of aromatic nitrogens is 1. The van der Waals surface area contributed by atoms with E-state index in [2.05, 4.69) is 11.1 Å². The van der Waals surface area contributed by atoms with Gasteiger partial charge in [-0.15, -0.1) is 0 Å². The number of nitrogens with zero attached hydrogens (tertiary/aromatic N) is 2. The summed E-state index contributed by atoms with van der Waals surface area (Å²) in [5, 5.41) is 9.95. The number of carbonyl (C=O) groups is 1. The number of nitrogens with one attached hydrogen (secondary N) is 1. The van der Waals surface area contributed by atoms with Crippen LogP contribution in [-0.4, -0.2) is 57.9 Å². The van der Waals surface area contributed by atoms with Gasteiger partial charge in [-0.05, 0) is 29.8 Å². The molecule has 0 amide bonds. The first kappa shape index (κ1) is 23.0. The number of aromatic amines is 1. The molecule has 172 valence electrons. The maximum atomic E-state index is 13.7. The number of hydrogen-bond donors (Lipinski definition) is 1. The van der Waals surface area contributed by atoms with Gasteiger partial charge < -0.3 is 14.5 Å². The molecule has 0 atom stereocenters. The molecule has 0 bridgehead atoms. The molecule has 4 rings (SSSR count). The summed E-state index contributed by atoms with van der Waals surface area (Å²) in [6, 6.07) is 10.3. The van der Waals surface area contributed by atoms with E-state index in [1.54, 1.807) is 24.3 Å². The number of rotatable bonds is 6. The number of sulfonamides is 1. The van der Waals surface area contributed by atoms with Crippen molar-refractivity contribution >= 4 is 26.7 Å². The second-order valence-corrected chi connectivity index (χ2v) is 10.8. The van der Waals surface area contributed by atoms with Gasteiger partial charge >= 0.3 is 0 Å². The Hall–Kier alpha value is -3.19. The van der Waals surface area contributed by atoms with Crippen LogP contribution < -0.4 is 4.74 Å². The number of nitriles is 1. The van der Waals surface area contributed by atoms with E-state index in [9.17, 15) is 18.5 Å². The average molecular weight is 468 g/mol. The van der Waals surface area contributed by atoms with Crippen LogP contribution in [0.15, 0.2) is 35.2 Å². The van der Waals surface area contributed by atoms with Crippen LogP contribution in [0.5, 0.6) is 5.75 Å². The minimum atomic E-state index is -3.88. The zero-order valence-corrected chi connectivity index (χ0v) is 20.0. The molecule has 0 unspecified atom stereocenters. The van der Waals surface area contributed by atoms with Crippen molar-refractivity contribution in [1.29, 1.82) is 5.26 Å². The van der Waals surface area contributed by atoms with Crippen LogP contribution >= 0.6 is 0 Å². The van der Waals surface area contributed by atoms with Crippen molar-refractivity contribution in [2.75, 3.05) is 34.4 Å². The van der Waals surface area contributed by atoms with Crippen LogP contribution in [0.25, 0.3) is 10.9 Å². The van der Waals surface area contributed by atoms with Gasteiger partial charge in [0.25, 0.3) is 0 Å². The Kier molecular flexibility index (Phi) is 5.56. The van der Waals surface area contributed by atoms with Gasteiger partial charge in [0, 0.05) is 48.8 Å². The van der Waals surface area contributed by atoms with Crippen LogP contribution in [0.4, 0.5) is 0 Å². The zero-order valence-electron chi connectivity index (χ0n) is 19.1. The number of ether oxygens (including phenoxy) is 2. The van der Waals surface area contributed by atoms with E-state index in [1.807, 2.05) is 13.8 Å². The molecule has 0 radical (unpaired) electrons. The first-order valence-electron chi connectivity index (χ1n) is 10.4. The SMILES string of the molecule is COCCOc1cc2c(cc1S(=O)(=O)N(C)C)C(=O)c1c([nH]c3cc(C#N)ccc13)C2(C)C. The maximum Gasteiger partial charge on any atom is 0.246 e. The first-order valence-corrected chi connectivity index (χ1v) is 11.8. The largest absolute Gasteiger partial charge is 0.490 e. The number of carbonyl (C=O) groups excluding carboxylic acids is 1. The molecule has 0 saturated heterocycles. The molecule has 0 aliphatic heterocycles. The zero-order chi connectivity index (χ0) is 24.1. The molecule has 1 aliphatic rings. The van der Waals surface area contributed by atoms with Crippen molar-refractivity contribution in [1.82, 2.24) is 9.29 Å². The van der Waals surface area contributed by atoms with Crippen LogP contribution in [-0.2, 0) is 20.2 Å². The number of methoxy groups -OCH3 is 1. The number of benzene rings is 2. The van der Waals surface area contributed by atoms with E-state index >= 15 is 0 Å². The first-order chi connectivity index (χ1) is 15.5. The summed E-state index contributed by atoms with van der Waals surface area (Å²) in [4.78, 5) is 17.0. The third-order valence-corrected chi connectivity index (χ3v) is 7.92. The number of ketones is 1. The molecule has 9 heteroatoms. The van der Waals surface area contributed by atoms with Gasteiger partial charge in [0.05, 0.1) is 23.8 Å². The van der Waals surface area contributed by atoms with Crippen molar-refractivity contribution in [2.45, 2.75) is 24.2 Å². The number of H-pyrrole nitrogens is 1. The standard InChI is InChI=1S/C24H25N3O5S/c1-24(2)17-12-19(32-9-8-31-5)20(33(29,30)27(3)4)11-16(17)22(28)21-15-7-6-14(13-25)10-18(15)26-23(21)24/h6-7,10-12,26H,8-9H2,1-5H3. The molecule has 2 aromatic carbocycles. The predicted molar refractivity (Wildman–Crippen MR) is 123 cm³/mol. The molecule has 1 aliphatic carbocycles. The van der Waals surface area contributed by atoms with Crippen LogP contribution in [0.1, 0.15) is 46.6 Å². The van der Waals surface area contributed by atoms with Gasteiger partial charge in [0.1, 0.15) is 17.3 Å². The van der Waals surface area contributed by atoms with Crippen LogP contribution in [0.2, 0.25) is 0 Å². The summed E-state index contributed by atoms with van der Waals surface area (Å²) in [5.41, 5.74) is 2.71. The third-order valence-electron chi connectivity index (χ3n) is 6.09. The summed E-state index contributed by atoms with van der Waals surface area (Å²) >= 11 is 0. The molecule has 3 aromatic rings. The lowest BCUT2D eigenvalue weighted by Crippen LogP contribution is -2.31. The van der Waals surface area contributed by atoms with E-state index in [-0.39, 0.29) is 29.6 Å². The molecule has 0 saturated carbocycles. The van der Waals surface area contributed by atoms with Crippen molar-refractivity contribution in [3.8, 4) is 11.8 Å². The van der Waals surface area contributed by atoms with E-state index < -0.39 is 15.4 Å². The van der Waals surface area contributed by atoms with E-state index in [4.69, 9.17) is 9.47 Å². The maximum absolute atomic E-state index is 13.7. The Morgan fingerprint density at radius 1 is 1.15 bits per heavy atom. The van der Waals surface area contributed by atoms with Gasteiger partial charge in [-0.2, -0.15) is 5.26 Å². The topological polar surface area (TPSA) is 112 Å². The molecular formula is C24H25N3O5S. The van der Waals surface area contributed by atoms with Crippen LogP contribution in [0, 0.1) is 11.3 Å². The second kappa shape index (κ2) is 7.99. The Morgan fingerprint density at radius 2 is 1.88 bits per heavy atom. The Bertz CT molecular complexity index is 1430. The highest BCUT2D eigenvalue weighted by atomic mass is 32.2. The average Bonchev–Trinajstić information content (AvgIpc) is 3.17. The van der Waals surface area contributed by atoms with E-state index in [1.165, 1.54) is 27.3 Å². The van der Waals surface area contributed by atoms with Gasteiger partial charge in [-0.1, -0.05) is 19.9 Å². The monoisotopic (exact) mass is 467 g/mol. The predicted octanol–water partition coefficient (Wildman–Crippen LogP) is 3.19. The molecule has 0 fully saturated rings. The molecular weight excluding hydrogens is 442 g/mol. The highest BCUT2D eigenvalue weighted by Crippen LogP contribution is 2.46. The quantitative estimate of drug-likeness (QED) is 0.557. The van der Waals surface area contributed by atoms with Gasteiger partial charge in [-0.25, -0.2) is 12.7 Å². The molecule has 1 heterocycles. The second-order valence-electron chi connectivity index (χ2n) is 8.67. The Morgan fingerprint density at radius 3 is 2.52 bits per heavy atom. The Labute approximate surface area is 192 Å². The molecule has 33 heavy (non-hydrogen) atoms. The number of fused-ring (bicyclic) bond motifs is 4. The van der Waals surface area contributed by atoms with Crippen molar-refractivity contribution in [3.63, 3.8) is 0 Å². The van der Waals surface area contributed by atoms with Gasteiger partial charge in [0.2, 0.25) is 10.0 Å².